The Labute approximate surface area is 165 Å². The molecule has 0 saturated carbocycles. The van der Waals surface area contributed by atoms with Gasteiger partial charge in [0.05, 0.1) is 0 Å². The molecule has 1 aromatic carbocycles. The number of thioether (sulfide) groups is 1. The van der Waals surface area contributed by atoms with Crippen LogP contribution < -0.4 is 0 Å². The molecule has 3 nitrogen and oxygen atoms in total. The Morgan fingerprint density at radius 3 is 2.67 bits per heavy atom. The van der Waals surface area contributed by atoms with Crippen LogP contribution in [0, 0.1) is 11.8 Å². The number of aryl methyl sites for hydroxylation is 1. The molecule has 2 aromatic rings. The molecule has 0 spiro atoms. The van der Waals surface area contributed by atoms with E-state index in [-0.39, 0.29) is 11.8 Å². The zero-order valence-electron chi connectivity index (χ0n) is 16.2. The minimum Gasteiger partial charge on any atom is -0.481 e. The van der Waals surface area contributed by atoms with E-state index >= 15 is 0 Å². The van der Waals surface area contributed by atoms with E-state index in [2.05, 4.69) is 44.7 Å². The summed E-state index contributed by atoms with van der Waals surface area (Å²) in [5.41, 5.74) is 4.01. The second-order valence-electron chi connectivity index (χ2n) is 7.03. The number of fused-ring (bicyclic) bond motifs is 1. The third kappa shape index (κ3) is 4.09. The van der Waals surface area contributed by atoms with Crippen molar-refractivity contribution in [3.05, 3.63) is 52.5 Å². The summed E-state index contributed by atoms with van der Waals surface area (Å²) in [5, 5.41) is 8.86. The van der Waals surface area contributed by atoms with Gasteiger partial charge in [-0.2, -0.15) is 0 Å². The lowest BCUT2D eigenvalue weighted by molar-refractivity contribution is -0.136. The lowest BCUT2D eigenvalue weighted by Crippen LogP contribution is -2.29. The Balaban J connectivity index is 1.99. The molecule has 0 amide bonds. The van der Waals surface area contributed by atoms with Crippen molar-refractivity contribution in [2.45, 2.75) is 63.2 Å². The van der Waals surface area contributed by atoms with Crippen molar-refractivity contribution in [2.75, 3.05) is 5.75 Å². The van der Waals surface area contributed by atoms with E-state index in [0.717, 1.165) is 24.8 Å². The van der Waals surface area contributed by atoms with Gasteiger partial charge in [-0.1, -0.05) is 26.7 Å². The van der Waals surface area contributed by atoms with Crippen molar-refractivity contribution in [1.82, 2.24) is 0 Å². The summed E-state index contributed by atoms with van der Waals surface area (Å²) < 4.78 is 5.53. The molecule has 0 fully saturated rings. The summed E-state index contributed by atoms with van der Waals surface area (Å²) in [5.74, 6) is 7.59. The zero-order valence-corrected chi connectivity index (χ0v) is 17.0. The molecular formula is C23H26O3S. The number of rotatable bonds is 5. The van der Waals surface area contributed by atoms with Crippen molar-refractivity contribution in [3.8, 4) is 11.8 Å². The first-order valence-corrected chi connectivity index (χ1v) is 10.6. The Hall–Kier alpha value is -2.12. The average molecular weight is 383 g/mol. The topological polar surface area (TPSA) is 50.4 Å². The van der Waals surface area contributed by atoms with Crippen LogP contribution in [-0.2, 0) is 23.1 Å². The maximum atomic E-state index is 10.8. The number of carboxylic acid groups (broad SMARTS) is 1. The fourth-order valence-corrected chi connectivity index (χ4v) is 5.23. The van der Waals surface area contributed by atoms with Crippen LogP contribution in [0.4, 0.5) is 0 Å². The van der Waals surface area contributed by atoms with Gasteiger partial charge in [0, 0.05) is 10.5 Å². The van der Waals surface area contributed by atoms with Crippen LogP contribution in [0.3, 0.4) is 0 Å². The number of hydrogen-bond donors (Lipinski definition) is 1. The monoisotopic (exact) mass is 382 g/mol. The fourth-order valence-electron chi connectivity index (χ4n) is 3.86. The molecule has 2 heterocycles. The summed E-state index contributed by atoms with van der Waals surface area (Å²) in [6.07, 6.45) is 4.32. The van der Waals surface area contributed by atoms with Crippen molar-refractivity contribution < 1.29 is 14.3 Å². The Morgan fingerprint density at radius 1 is 1.22 bits per heavy atom. The largest absolute Gasteiger partial charge is 0.481 e. The van der Waals surface area contributed by atoms with E-state index in [1.165, 1.54) is 28.2 Å². The van der Waals surface area contributed by atoms with E-state index in [0.29, 0.717) is 11.5 Å². The summed E-state index contributed by atoms with van der Waals surface area (Å²) in [7, 11) is 0. The van der Waals surface area contributed by atoms with Crippen LogP contribution in [-0.4, -0.2) is 16.8 Å². The predicted molar refractivity (Wildman–Crippen MR) is 109 cm³/mol. The Bertz CT molecular complexity index is 894. The minimum atomic E-state index is -0.903. The molecule has 0 radical (unpaired) electrons. The maximum Gasteiger partial charge on any atom is 0.311 e. The standard InChI is InChI=1S/C23H26O3S/c1-4-16-14-21-20(23(5-2,6-3)11-12-27-21)13-17(16)7-8-18-9-10-19(26-18)15-22(24)25/h9-10,13-14H,4-6,11-12,15H2,1-3H3,(H,24,25). The van der Waals surface area contributed by atoms with Gasteiger partial charge in [-0.25, -0.2) is 0 Å². The van der Waals surface area contributed by atoms with E-state index in [1.807, 2.05) is 11.8 Å². The van der Waals surface area contributed by atoms with Gasteiger partial charge >= 0.3 is 5.97 Å². The second kappa shape index (κ2) is 8.27. The third-order valence-electron chi connectivity index (χ3n) is 5.66. The van der Waals surface area contributed by atoms with Crippen molar-refractivity contribution in [1.29, 1.82) is 0 Å². The average Bonchev–Trinajstić information content (AvgIpc) is 3.11. The van der Waals surface area contributed by atoms with Crippen LogP contribution in [0.1, 0.15) is 68.2 Å². The lowest BCUT2D eigenvalue weighted by atomic mass is 9.72. The van der Waals surface area contributed by atoms with E-state index in [9.17, 15) is 4.79 Å². The molecule has 1 aromatic heterocycles. The molecule has 0 aliphatic carbocycles. The molecule has 3 rings (SSSR count). The van der Waals surface area contributed by atoms with Crippen LogP contribution >= 0.6 is 11.8 Å². The molecule has 27 heavy (non-hydrogen) atoms. The quantitative estimate of drug-likeness (QED) is 0.701. The molecule has 1 aliphatic heterocycles. The molecule has 1 N–H and O–H groups in total. The number of furan rings is 1. The molecule has 1 aliphatic rings. The van der Waals surface area contributed by atoms with Gasteiger partial charge < -0.3 is 9.52 Å². The number of benzene rings is 1. The van der Waals surface area contributed by atoms with Gasteiger partial charge in [0.25, 0.3) is 0 Å². The molecule has 0 bridgehead atoms. The molecule has 0 unspecified atom stereocenters. The van der Waals surface area contributed by atoms with E-state index in [1.54, 1.807) is 12.1 Å². The Morgan fingerprint density at radius 2 is 2.00 bits per heavy atom. The molecule has 4 heteroatoms. The SMILES string of the molecule is CCc1cc2c(cc1C#Cc1ccc(CC(=O)O)o1)C(CC)(CC)CCS2. The summed E-state index contributed by atoms with van der Waals surface area (Å²) >= 11 is 1.96. The predicted octanol–water partition coefficient (Wildman–Crippen LogP) is 5.42. The van der Waals surface area contributed by atoms with Crippen molar-refractivity contribution >= 4 is 17.7 Å². The van der Waals surface area contributed by atoms with Gasteiger partial charge in [-0.15, -0.1) is 11.8 Å². The van der Waals surface area contributed by atoms with Gasteiger partial charge in [0.1, 0.15) is 12.2 Å². The normalized spacial score (nSPS) is 14.9. The second-order valence-corrected chi connectivity index (χ2v) is 8.17. The van der Waals surface area contributed by atoms with Crippen LogP contribution in [0.2, 0.25) is 0 Å². The number of carbonyl (C=O) groups is 1. The molecular weight excluding hydrogens is 356 g/mol. The van der Waals surface area contributed by atoms with Gasteiger partial charge in [-0.3, -0.25) is 4.79 Å². The highest BCUT2D eigenvalue weighted by Gasteiger charge is 2.34. The first kappa shape index (κ1) is 19.6. The van der Waals surface area contributed by atoms with Crippen molar-refractivity contribution in [2.24, 2.45) is 0 Å². The zero-order chi connectivity index (χ0) is 19.4. The number of hydrogen-bond acceptors (Lipinski definition) is 3. The smallest absolute Gasteiger partial charge is 0.311 e. The maximum absolute atomic E-state index is 10.8. The van der Waals surface area contributed by atoms with Crippen LogP contribution in [0.15, 0.2) is 33.6 Å². The van der Waals surface area contributed by atoms with Gasteiger partial charge in [-0.05, 0) is 78.2 Å². The minimum absolute atomic E-state index is 0.118. The third-order valence-corrected chi connectivity index (χ3v) is 6.71. The number of aliphatic carboxylic acids is 1. The molecule has 142 valence electrons. The first-order valence-electron chi connectivity index (χ1n) is 9.64. The highest BCUT2D eigenvalue weighted by Crippen LogP contribution is 2.46. The van der Waals surface area contributed by atoms with Gasteiger partial charge in [0.15, 0.2) is 5.76 Å². The van der Waals surface area contributed by atoms with E-state index < -0.39 is 5.97 Å². The number of carboxylic acids is 1. The van der Waals surface area contributed by atoms with Crippen LogP contribution in [0.25, 0.3) is 0 Å². The Kier molecular flexibility index (Phi) is 6.01. The van der Waals surface area contributed by atoms with Crippen molar-refractivity contribution in [3.63, 3.8) is 0 Å². The molecule has 0 atom stereocenters. The van der Waals surface area contributed by atoms with Crippen LogP contribution in [0.5, 0.6) is 0 Å². The lowest BCUT2D eigenvalue weighted by Gasteiger charge is -2.38. The highest BCUT2D eigenvalue weighted by molar-refractivity contribution is 7.99. The molecule has 0 saturated heterocycles. The fraction of sp³-hybridized carbons (Fsp3) is 0.435. The summed E-state index contributed by atoms with van der Waals surface area (Å²) in [6.45, 7) is 6.73. The summed E-state index contributed by atoms with van der Waals surface area (Å²) in [6, 6.07) is 8.04. The van der Waals surface area contributed by atoms with Gasteiger partial charge in [0.2, 0.25) is 0 Å². The summed E-state index contributed by atoms with van der Waals surface area (Å²) in [4.78, 5) is 12.2. The first-order chi connectivity index (χ1) is 13.0. The highest BCUT2D eigenvalue weighted by atomic mass is 32.2. The van der Waals surface area contributed by atoms with E-state index in [4.69, 9.17) is 9.52 Å².